The molecule has 2 atom stereocenters. The van der Waals surface area contributed by atoms with Gasteiger partial charge in [-0.15, -0.1) is 0 Å². The van der Waals surface area contributed by atoms with Gasteiger partial charge in [0.15, 0.2) is 13.7 Å². The minimum absolute atomic E-state index is 0.0987. The van der Waals surface area contributed by atoms with Crippen molar-refractivity contribution in [1.29, 1.82) is 0 Å². The van der Waals surface area contributed by atoms with E-state index in [0.717, 1.165) is 35.4 Å². The smallest absolute Gasteiger partial charge is 0.327 e. The number of hydrogen-bond acceptors (Lipinski definition) is 7. The SMILES string of the molecule is CCC#COCP(OCC)SOCC.CCOC(=O)Cn1nc(C(C)C)c(-c2cc(Cl)cc(Cl)c2)c1C(C)CC. The Bertz CT molecular complexity index is 1080. The molecule has 0 radical (unpaired) electrons. The highest BCUT2D eigenvalue weighted by Crippen LogP contribution is 2.51. The van der Waals surface area contributed by atoms with E-state index in [2.05, 4.69) is 39.7 Å². The van der Waals surface area contributed by atoms with E-state index >= 15 is 0 Å². The molecule has 224 valence electrons. The lowest BCUT2D eigenvalue weighted by Gasteiger charge is -2.16. The topological polar surface area (TPSA) is 71.8 Å². The van der Waals surface area contributed by atoms with Gasteiger partial charge in [-0.2, -0.15) is 5.10 Å². The summed E-state index contributed by atoms with van der Waals surface area (Å²) in [4.78, 5) is 12.1. The van der Waals surface area contributed by atoms with E-state index in [4.69, 9.17) is 46.5 Å². The van der Waals surface area contributed by atoms with Gasteiger partial charge in [0, 0.05) is 28.6 Å². The maximum Gasteiger partial charge on any atom is 0.327 e. The highest BCUT2D eigenvalue weighted by atomic mass is 35.5. The minimum Gasteiger partial charge on any atom is -0.465 e. The van der Waals surface area contributed by atoms with Crippen molar-refractivity contribution in [2.24, 2.45) is 0 Å². The summed E-state index contributed by atoms with van der Waals surface area (Å²) < 4.78 is 22.7. The molecule has 7 nitrogen and oxygen atoms in total. The van der Waals surface area contributed by atoms with Crippen LogP contribution in [0.1, 0.15) is 91.5 Å². The van der Waals surface area contributed by atoms with Crippen LogP contribution >= 0.6 is 42.2 Å². The molecule has 0 aliphatic heterocycles. The monoisotopic (exact) mass is 632 g/mol. The Balaban J connectivity index is 0.000000486. The standard InChI is InChI=1S/C20H26Cl2N2O2.C9H17O3PS/c1-6-13(5)20-18(14-8-15(21)10-16(22)9-14)19(12(3)4)23-24(20)11-17(25)26-7-2;1-4-7-8-10-9-13(11-5-2)14-12-6-3/h8-10,12-13H,6-7,11H2,1-5H3;4-6,9H2,1-3H3. The van der Waals surface area contributed by atoms with E-state index in [9.17, 15) is 4.79 Å². The Hall–Kier alpha value is -1.46. The lowest BCUT2D eigenvalue weighted by Crippen LogP contribution is -2.17. The Morgan fingerprint density at radius 1 is 1.05 bits per heavy atom. The molecule has 0 aliphatic rings. The van der Waals surface area contributed by atoms with Crippen LogP contribution in [-0.2, 0) is 29.5 Å². The second-order valence-electron chi connectivity index (χ2n) is 8.87. The molecule has 2 unspecified atom stereocenters. The summed E-state index contributed by atoms with van der Waals surface area (Å²) in [6.07, 6.45) is 4.85. The molecule has 40 heavy (non-hydrogen) atoms. The first kappa shape index (κ1) is 36.6. The number of ether oxygens (including phenoxy) is 2. The second kappa shape index (κ2) is 20.4. The Morgan fingerprint density at radius 3 is 2.25 bits per heavy atom. The van der Waals surface area contributed by atoms with Crippen LogP contribution in [0.2, 0.25) is 10.0 Å². The van der Waals surface area contributed by atoms with Gasteiger partial charge in [-0.3, -0.25) is 9.48 Å². The zero-order chi connectivity index (χ0) is 30.1. The van der Waals surface area contributed by atoms with Crippen LogP contribution in [0.4, 0.5) is 0 Å². The molecule has 1 heterocycles. The molecule has 2 rings (SSSR count). The summed E-state index contributed by atoms with van der Waals surface area (Å²) in [6.45, 7) is 17.9. The van der Waals surface area contributed by atoms with Crippen molar-refractivity contribution in [1.82, 2.24) is 9.78 Å². The van der Waals surface area contributed by atoms with Crippen molar-refractivity contribution in [2.45, 2.75) is 86.6 Å². The van der Waals surface area contributed by atoms with Crippen molar-refractivity contribution in [3.63, 3.8) is 0 Å². The molecule has 1 aromatic carbocycles. The third-order valence-electron chi connectivity index (χ3n) is 5.40. The highest BCUT2D eigenvalue weighted by molar-refractivity contribution is 8.51. The zero-order valence-corrected chi connectivity index (χ0v) is 28.1. The van der Waals surface area contributed by atoms with E-state index in [1.807, 2.05) is 32.9 Å². The number of benzene rings is 1. The third-order valence-corrected chi connectivity index (χ3v) is 8.68. The summed E-state index contributed by atoms with van der Waals surface area (Å²) in [5.74, 6) is 2.96. The van der Waals surface area contributed by atoms with Crippen molar-refractivity contribution < 1.29 is 23.0 Å². The van der Waals surface area contributed by atoms with E-state index in [1.54, 1.807) is 17.7 Å². The fraction of sp³-hybridized carbons (Fsp3) is 0.586. The van der Waals surface area contributed by atoms with Gasteiger partial charge in [0.1, 0.15) is 12.7 Å². The van der Waals surface area contributed by atoms with Gasteiger partial charge in [-0.05, 0) is 62.8 Å². The predicted molar refractivity (Wildman–Crippen MR) is 169 cm³/mol. The third kappa shape index (κ3) is 12.6. The number of aromatic nitrogens is 2. The number of halogens is 2. The lowest BCUT2D eigenvalue weighted by atomic mass is 9.91. The van der Waals surface area contributed by atoms with E-state index < -0.39 is 7.35 Å². The average Bonchev–Trinajstić information content (AvgIpc) is 3.28. The van der Waals surface area contributed by atoms with Crippen LogP contribution in [0.5, 0.6) is 0 Å². The molecule has 0 spiro atoms. The first-order valence-electron chi connectivity index (χ1n) is 13.6. The normalized spacial score (nSPS) is 12.2. The minimum atomic E-state index is -0.714. The fourth-order valence-electron chi connectivity index (χ4n) is 3.58. The van der Waals surface area contributed by atoms with Crippen LogP contribution in [0.15, 0.2) is 18.2 Å². The van der Waals surface area contributed by atoms with E-state index in [-0.39, 0.29) is 24.3 Å². The molecular formula is C29H43Cl2N2O5PS. The largest absolute Gasteiger partial charge is 0.465 e. The summed E-state index contributed by atoms with van der Waals surface area (Å²) in [7, 11) is -0.714. The van der Waals surface area contributed by atoms with Crippen LogP contribution in [0.25, 0.3) is 11.1 Å². The molecule has 0 N–H and O–H groups in total. The molecular weight excluding hydrogens is 590 g/mol. The molecule has 11 heteroatoms. The Morgan fingerprint density at radius 2 is 1.73 bits per heavy atom. The molecule has 0 amide bonds. The molecule has 0 saturated heterocycles. The second-order valence-corrected chi connectivity index (χ2v) is 13.0. The van der Waals surface area contributed by atoms with Gasteiger partial charge < -0.3 is 18.2 Å². The first-order chi connectivity index (χ1) is 19.1. The molecule has 2 aromatic rings. The molecule has 1 aromatic heterocycles. The predicted octanol–water partition coefficient (Wildman–Crippen LogP) is 9.42. The summed E-state index contributed by atoms with van der Waals surface area (Å²) in [5.41, 5.74) is 3.89. The van der Waals surface area contributed by atoms with Gasteiger partial charge in [-0.25, -0.2) is 0 Å². The van der Waals surface area contributed by atoms with E-state index in [1.165, 1.54) is 11.7 Å². The van der Waals surface area contributed by atoms with Gasteiger partial charge >= 0.3 is 5.97 Å². The number of esters is 1. The zero-order valence-electron chi connectivity index (χ0n) is 24.9. The number of carbonyl (C=O) groups is 1. The van der Waals surface area contributed by atoms with Gasteiger partial charge in [0.2, 0.25) is 0 Å². The maximum absolute atomic E-state index is 12.1. The first-order valence-corrected chi connectivity index (χ1v) is 17.2. The van der Waals surface area contributed by atoms with Crippen molar-refractivity contribution in [3.05, 3.63) is 39.6 Å². The molecule has 0 aliphatic carbocycles. The number of rotatable bonds is 14. The van der Waals surface area contributed by atoms with Gasteiger partial charge in [0.25, 0.3) is 0 Å². The van der Waals surface area contributed by atoms with Crippen LogP contribution < -0.4 is 0 Å². The van der Waals surface area contributed by atoms with Crippen molar-refractivity contribution >= 4 is 48.2 Å². The van der Waals surface area contributed by atoms with Crippen molar-refractivity contribution in [3.8, 4) is 23.2 Å². The average molecular weight is 634 g/mol. The molecule has 0 saturated carbocycles. The van der Waals surface area contributed by atoms with E-state index in [0.29, 0.717) is 36.2 Å². The lowest BCUT2D eigenvalue weighted by molar-refractivity contribution is -0.144. The van der Waals surface area contributed by atoms with Crippen LogP contribution in [0, 0.1) is 12.0 Å². The van der Waals surface area contributed by atoms with Gasteiger partial charge in [0.05, 0.1) is 36.3 Å². The quantitative estimate of drug-likeness (QED) is 0.0888. The Kier molecular flexibility index (Phi) is 18.7. The number of carbonyl (C=O) groups excluding carboxylic acids is 1. The van der Waals surface area contributed by atoms with Crippen molar-refractivity contribution in [2.75, 3.05) is 26.2 Å². The van der Waals surface area contributed by atoms with Gasteiger partial charge in [-0.1, -0.05) is 63.7 Å². The number of nitrogens with zero attached hydrogens (tertiary/aromatic N) is 2. The summed E-state index contributed by atoms with van der Waals surface area (Å²) in [5, 5.41) is 5.92. The summed E-state index contributed by atoms with van der Waals surface area (Å²) >= 11 is 13.8. The molecule has 0 bridgehead atoms. The number of hydrogen-bond donors (Lipinski definition) is 0. The Labute approximate surface area is 255 Å². The molecule has 0 fully saturated rings. The fourth-order valence-corrected chi connectivity index (χ4v) is 6.35. The highest BCUT2D eigenvalue weighted by Gasteiger charge is 2.26. The summed E-state index contributed by atoms with van der Waals surface area (Å²) in [6, 6.07) is 5.52. The van der Waals surface area contributed by atoms with Crippen LogP contribution in [-0.4, -0.2) is 41.9 Å². The van der Waals surface area contributed by atoms with Crippen LogP contribution in [0.3, 0.4) is 0 Å². The maximum atomic E-state index is 12.1.